The number of hydrogen-bond donors (Lipinski definition) is 1. The Hall–Kier alpha value is -1.53. The van der Waals surface area contributed by atoms with Crippen LogP contribution in [-0.2, 0) is 5.54 Å². The molecular formula is C12H18F3N3O. The van der Waals surface area contributed by atoms with E-state index >= 15 is 0 Å². The average molecular weight is 277 g/mol. The van der Waals surface area contributed by atoms with E-state index in [0.29, 0.717) is 0 Å². The van der Waals surface area contributed by atoms with Crippen molar-refractivity contribution in [3.63, 3.8) is 0 Å². The Bertz CT molecular complexity index is 474. The second kappa shape index (κ2) is 5.63. The van der Waals surface area contributed by atoms with Gasteiger partial charge in [-0.25, -0.2) is 4.98 Å². The van der Waals surface area contributed by atoms with Gasteiger partial charge in [-0.3, -0.25) is 4.79 Å². The van der Waals surface area contributed by atoms with Crippen molar-refractivity contribution in [1.82, 2.24) is 9.55 Å². The van der Waals surface area contributed by atoms with E-state index in [1.54, 1.807) is 6.20 Å². The maximum atomic E-state index is 12.0. The van der Waals surface area contributed by atoms with Gasteiger partial charge in [0.05, 0.1) is 0 Å². The summed E-state index contributed by atoms with van der Waals surface area (Å²) in [7, 11) is 0. The zero-order chi connectivity index (χ0) is 14.7. The molecule has 0 aromatic carbocycles. The fraction of sp³-hybridized carbons (Fsp3) is 0.667. The van der Waals surface area contributed by atoms with E-state index in [4.69, 9.17) is 0 Å². The molecule has 0 amide bonds. The SMILES string of the molecule is CC(C)(C)n1ccnc(NCCCC(F)(F)F)c1=O. The summed E-state index contributed by atoms with van der Waals surface area (Å²) in [5, 5.41) is 2.65. The number of halogens is 3. The molecule has 0 saturated heterocycles. The molecule has 0 atom stereocenters. The monoisotopic (exact) mass is 277 g/mol. The third-order valence-corrected chi connectivity index (χ3v) is 2.49. The molecule has 0 aliphatic rings. The summed E-state index contributed by atoms with van der Waals surface area (Å²) in [5.74, 6) is 0.0830. The summed E-state index contributed by atoms with van der Waals surface area (Å²) in [6.45, 7) is 5.65. The predicted octanol–water partition coefficient (Wildman–Crippen LogP) is 2.75. The first kappa shape index (κ1) is 15.5. The minimum absolute atomic E-state index is 0.0654. The van der Waals surface area contributed by atoms with Crippen molar-refractivity contribution in [1.29, 1.82) is 0 Å². The van der Waals surface area contributed by atoms with Crippen LogP contribution in [0.15, 0.2) is 17.2 Å². The van der Waals surface area contributed by atoms with Gasteiger partial charge in [0.25, 0.3) is 5.56 Å². The maximum absolute atomic E-state index is 12.0. The van der Waals surface area contributed by atoms with E-state index in [0.717, 1.165) is 0 Å². The molecule has 0 aliphatic carbocycles. The molecule has 1 heterocycles. The summed E-state index contributed by atoms with van der Waals surface area (Å²) < 4.78 is 37.4. The maximum Gasteiger partial charge on any atom is 0.389 e. The molecule has 4 nitrogen and oxygen atoms in total. The lowest BCUT2D eigenvalue weighted by atomic mass is 10.1. The van der Waals surface area contributed by atoms with E-state index in [1.807, 2.05) is 20.8 Å². The third kappa shape index (κ3) is 4.92. The normalized spacial score (nSPS) is 12.5. The van der Waals surface area contributed by atoms with Crippen molar-refractivity contribution in [3.8, 4) is 0 Å². The van der Waals surface area contributed by atoms with Gasteiger partial charge in [-0.05, 0) is 27.2 Å². The highest BCUT2D eigenvalue weighted by Crippen LogP contribution is 2.21. The Morgan fingerprint density at radius 3 is 2.47 bits per heavy atom. The van der Waals surface area contributed by atoms with E-state index in [1.165, 1.54) is 10.8 Å². The number of alkyl halides is 3. The first-order chi connectivity index (χ1) is 8.61. The first-order valence-corrected chi connectivity index (χ1v) is 6.00. The van der Waals surface area contributed by atoms with Crippen molar-refractivity contribution in [2.45, 2.75) is 45.3 Å². The Morgan fingerprint density at radius 1 is 1.32 bits per heavy atom. The van der Waals surface area contributed by atoms with Crippen molar-refractivity contribution >= 4 is 5.82 Å². The Balaban J connectivity index is 2.68. The molecule has 7 heteroatoms. The van der Waals surface area contributed by atoms with Crippen molar-refractivity contribution in [2.24, 2.45) is 0 Å². The molecule has 19 heavy (non-hydrogen) atoms. The summed E-state index contributed by atoms with van der Waals surface area (Å²) in [6.07, 6.45) is -2.12. The van der Waals surface area contributed by atoms with Crippen LogP contribution in [0.25, 0.3) is 0 Å². The Kier molecular flexibility index (Phi) is 4.60. The van der Waals surface area contributed by atoms with Gasteiger partial charge < -0.3 is 9.88 Å². The Morgan fingerprint density at radius 2 is 1.95 bits per heavy atom. The lowest BCUT2D eigenvalue weighted by Crippen LogP contribution is -2.35. The summed E-state index contributed by atoms with van der Waals surface area (Å²) in [6, 6.07) is 0. The standard InChI is InChI=1S/C12H18F3N3O/c1-11(2,3)18-8-7-17-9(10(18)19)16-6-4-5-12(13,14)15/h7-8H,4-6H2,1-3H3,(H,16,17). The molecule has 0 saturated carbocycles. The van der Waals surface area contributed by atoms with Crippen LogP contribution in [0.4, 0.5) is 19.0 Å². The van der Waals surface area contributed by atoms with E-state index < -0.39 is 18.1 Å². The smallest absolute Gasteiger partial charge is 0.365 e. The predicted molar refractivity (Wildman–Crippen MR) is 67.3 cm³/mol. The van der Waals surface area contributed by atoms with Gasteiger partial charge in [0.2, 0.25) is 0 Å². The zero-order valence-electron chi connectivity index (χ0n) is 11.2. The van der Waals surface area contributed by atoms with E-state index in [2.05, 4.69) is 10.3 Å². The molecular weight excluding hydrogens is 259 g/mol. The van der Waals surface area contributed by atoms with Crippen LogP contribution in [0.3, 0.4) is 0 Å². The fourth-order valence-electron chi connectivity index (χ4n) is 1.56. The lowest BCUT2D eigenvalue weighted by Gasteiger charge is -2.22. The highest BCUT2D eigenvalue weighted by molar-refractivity contribution is 5.30. The average Bonchev–Trinajstić information content (AvgIpc) is 2.23. The van der Waals surface area contributed by atoms with Gasteiger partial charge in [-0.2, -0.15) is 13.2 Å². The van der Waals surface area contributed by atoms with E-state index in [-0.39, 0.29) is 24.3 Å². The van der Waals surface area contributed by atoms with Gasteiger partial charge in [0.15, 0.2) is 5.82 Å². The van der Waals surface area contributed by atoms with Crippen LogP contribution in [0, 0.1) is 0 Å². The van der Waals surface area contributed by atoms with Crippen LogP contribution < -0.4 is 10.9 Å². The first-order valence-electron chi connectivity index (χ1n) is 6.00. The fourth-order valence-corrected chi connectivity index (χ4v) is 1.56. The number of anilines is 1. The minimum Gasteiger partial charge on any atom is -0.365 e. The third-order valence-electron chi connectivity index (χ3n) is 2.49. The highest BCUT2D eigenvalue weighted by Gasteiger charge is 2.26. The van der Waals surface area contributed by atoms with Crippen LogP contribution >= 0.6 is 0 Å². The quantitative estimate of drug-likeness (QED) is 0.861. The summed E-state index contributed by atoms with van der Waals surface area (Å²) in [4.78, 5) is 15.9. The van der Waals surface area contributed by atoms with Crippen molar-refractivity contribution < 1.29 is 13.2 Å². The molecule has 0 fully saturated rings. The molecule has 1 rings (SSSR count). The summed E-state index contributed by atoms with van der Waals surface area (Å²) >= 11 is 0. The highest BCUT2D eigenvalue weighted by atomic mass is 19.4. The summed E-state index contributed by atoms with van der Waals surface area (Å²) in [5.41, 5.74) is -0.732. The Labute approximate surface area is 109 Å². The molecule has 108 valence electrons. The zero-order valence-corrected chi connectivity index (χ0v) is 11.2. The largest absolute Gasteiger partial charge is 0.389 e. The van der Waals surface area contributed by atoms with Crippen LogP contribution in [0.5, 0.6) is 0 Å². The van der Waals surface area contributed by atoms with Gasteiger partial charge in [0, 0.05) is 30.9 Å². The molecule has 0 unspecified atom stereocenters. The molecule has 0 aliphatic heterocycles. The van der Waals surface area contributed by atoms with Crippen LogP contribution in [0.2, 0.25) is 0 Å². The van der Waals surface area contributed by atoms with Crippen molar-refractivity contribution in [3.05, 3.63) is 22.7 Å². The van der Waals surface area contributed by atoms with Gasteiger partial charge in [0.1, 0.15) is 0 Å². The van der Waals surface area contributed by atoms with Gasteiger partial charge in [-0.1, -0.05) is 0 Å². The number of nitrogens with zero attached hydrogens (tertiary/aromatic N) is 2. The lowest BCUT2D eigenvalue weighted by molar-refractivity contribution is -0.134. The second-order valence-electron chi connectivity index (χ2n) is 5.27. The molecule has 1 aromatic heterocycles. The number of hydrogen-bond acceptors (Lipinski definition) is 3. The van der Waals surface area contributed by atoms with Gasteiger partial charge in [-0.15, -0.1) is 0 Å². The number of nitrogens with one attached hydrogen (secondary N) is 1. The number of rotatable bonds is 4. The molecule has 0 spiro atoms. The van der Waals surface area contributed by atoms with Crippen molar-refractivity contribution in [2.75, 3.05) is 11.9 Å². The van der Waals surface area contributed by atoms with Gasteiger partial charge >= 0.3 is 6.18 Å². The number of aromatic nitrogens is 2. The van der Waals surface area contributed by atoms with E-state index in [9.17, 15) is 18.0 Å². The molecule has 0 bridgehead atoms. The van der Waals surface area contributed by atoms with Crippen LogP contribution in [-0.4, -0.2) is 22.3 Å². The molecule has 1 aromatic rings. The minimum atomic E-state index is -4.17. The topological polar surface area (TPSA) is 46.9 Å². The second-order valence-corrected chi connectivity index (χ2v) is 5.27. The molecule has 1 N–H and O–H groups in total. The molecule has 0 radical (unpaired) electrons. The van der Waals surface area contributed by atoms with Crippen LogP contribution in [0.1, 0.15) is 33.6 Å².